The third kappa shape index (κ3) is 7.06. The molecule has 0 aliphatic carbocycles. The zero-order valence-corrected chi connectivity index (χ0v) is 12.2. The van der Waals surface area contributed by atoms with Crippen molar-refractivity contribution >= 4 is 0 Å². The van der Waals surface area contributed by atoms with Gasteiger partial charge in [0.05, 0.1) is 0 Å². The quantitative estimate of drug-likeness (QED) is 0.622. The van der Waals surface area contributed by atoms with E-state index < -0.39 is 11.6 Å². The predicted molar refractivity (Wildman–Crippen MR) is 76.2 cm³/mol. The van der Waals surface area contributed by atoms with E-state index in [1.807, 2.05) is 6.92 Å². The average molecular weight is 267 g/mol. The largest absolute Gasteiger partial charge is 0.312 e. The number of nitrogens with one attached hydrogen (secondary N) is 1. The molecule has 0 spiro atoms. The van der Waals surface area contributed by atoms with Gasteiger partial charge in [-0.3, -0.25) is 0 Å². The Kier molecular flexibility index (Phi) is 5.67. The summed E-state index contributed by atoms with van der Waals surface area (Å²) in [4.78, 5) is 0. The monoisotopic (exact) mass is 267 g/mol. The Labute approximate surface area is 114 Å². The molecule has 3 heteroatoms. The molecule has 0 amide bonds. The summed E-state index contributed by atoms with van der Waals surface area (Å²) >= 11 is 0. The number of benzene rings is 1. The molecule has 0 heterocycles. The Morgan fingerprint density at radius 2 is 1.74 bits per heavy atom. The number of hydrogen-bond acceptors (Lipinski definition) is 1. The van der Waals surface area contributed by atoms with E-state index >= 15 is 0 Å². The Hall–Kier alpha value is -1.22. The van der Waals surface area contributed by atoms with E-state index in [0.717, 1.165) is 24.6 Å². The van der Waals surface area contributed by atoms with Crippen LogP contribution in [0.3, 0.4) is 0 Å². The molecule has 1 N–H and O–H groups in total. The molecule has 19 heavy (non-hydrogen) atoms. The van der Waals surface area contributed by atoms with Crippen LogP contribution in [0, 0.1) is 11.6 Å². The van der Waals surface area contributed by atoms with E-state index in [0.29, 0.717) is 12.0 Å². The van der Waals surface area contributed by atoms with Crippen LogP contribution < -0.4 is 5.32 Å². The maximum Gasteiger partial charge on any atom is 0.126 e. The maximum atomic E-state index is 13.0. The highest BCUT2D eigenvalue weighted by Crippen LogP contribution is 2.12. The zero-order chi connectivity index (χ0) is 14.5. The summed E-state index contributed by atoms with van der Waals surface area (Å²) in [6.45, 7) is 9.26. The summed E-state index contributed by atoms with van der Waals surface area (Å²) in [5, 5.41) is 3.39. The van der Waals surface area contributed by atoms with E-state index in [9.17, 15) is 8.78 Å². The molecule has 0 aromatic heterocycles. The Bertz CT molecular complexity index is 424. The van der Waals surface area contributed by atoms with Crippen molar-refractivity contribution < 1.29 is 8.78 Å². The highest BCUT2D eigenvalue weighted by Gasteiger charge is 2.06. The number of halogens is 2. The second-order valence-corrected chi connectivity index (χ2v) is 5.97. The third-order valence-corrected chi connectivity index (χ3v) is 2.70. The van der Waals surface area contributed by atoms with Gasteiger partial charge in [0, 0.05) is 11.6 Å². The Balaban J connectivity index is 2.47. The minimum atomic E-state index is -0.516. The first kappa shape index (κ1) is 15.8. The molecule has 0 fully saturated rings. The molecule has 106 valence electrons. The van der Waals surface area contributed by atoms with Crippen molar-refractivity contribution in [2.24, 2.45) is 0 Å². The van der Waals surface area contributed by atoms with Gasteiger partial charge in [-0.1, -0.05) is 11.6 Å². The van der Waals surface area contributed by atoms with E-state index in [1.54, 1.807) is 0 Å². The van der Waals surface area contributed by atoms with E-state index in [1.165, 1.54) is 12.1 Å². The first-order valence-electron chi connectivity index (χ1n) is 6.62. The SMILES string of the molecule is C/C(=C/CCNC(C)(C)C)Cc1cc(F)cc(F)c1. The van der Waals surface area contributed by atoms with Gasteiger partial charge in [0.2, 0.25) is 0 Å². The molecule has 1 rings (SSSR count). The first-order valence-corrected chi connectivity index (χ1v) is 6.62. The molecule has 1 nitrogen and oxygen atoms in total. The van der Waals surface area contributed by atoms with Gasteiger partial charge in [-0.25, -0.2) is 8.78 Å². The van der Waals surface area contributed by atoms with Gasteiger partial charge in [-0.05, 0) is 64.8 Å². The smallest absolute Gasteiger partial charge is 0.126 e. The van der Waals surface area contributed by atoms with Gasteiger partial charge in [-0.2, -0.15) is 0 Å². The zero-order valence-electron chi connectivity index (χ0n) is 12.2. The van der Waals surface area contributed by atoms with Crippen LogP contribution in [0.4, 0.5) is 8.78 Å². The summed E-state index contributed by atoms with van der Waals surface area (Å²) in [5.41, 5.74) is 1.92. The summed E-state index contributed by atoms with van der Waals surface area (Å²) in [7, 11) is 0. The fourth-order valence-electron chi connectivity index (χ4n) is 1.87. The van der Waals surface area contributed by atoms with Crippen LogP contribution in [0.15, 0.2) is 29.8 Å². The maximum absolute atomic E-state index is 13.0. The molecule has 0 aliphatic rings. The van der Waals surface area contributed by atoms with Crippen LogP contribution in [0.2, 0.25) is 0 Å². The van der Waals surface area contributed by atoms with Crippen molar-refractivity contribution in [2.75, 3.05) is 6.54 Å². The van der Waals surface area contributed by atoms with Crippen molar-refractivity contribution in [2.45, 2.75) is 46.1 Å². The highest BCUT2D eigenvalue weighted by atomic mass is 19.1. The molecule has 0 radical (unpaired) electrons. The van der Waals surface area contributed by atoms with E-state index in [-0.39, 0.29) is 5.54 Å². The molecule has 0 unspecified atom stereocenters. The lowest BCUT2D eigenvalue weighted by Crippen LogP contribution is -2.36. The average Bonchev–Trinajstić information content (AvgIpc) is 2.21. The molecule has 0 atom stereocenters. The van der Waals surface area contributed by atoms with Gasteiger partial charge in [0.1, 0.15) is 11.6 Å². The van der Waals surface area contributed by atoms with Crippen molar-refractivity contribution in [3.05, 3.63) is 47.0 Å². The lowest BCUT2D eigenvalue weighted by Gasteiger charge is -2.19. The lowest BCUT2D eigenvalue weighted by atomic mass is 10.0. The van der Waals surface area contributed by atoms with Crippen molar-refractivity contribution in [1.82, 2.24) is 5.32 Å². The topological polar surface area (TPSA) is 12.0 Å². The second-order valence-electron chi connectivity index (χ2n) is 5.97. The van der Waals surface area contributed by atoms with Gasteiger partial charge in [0.15, 0.2) is 0 Å². The standard InChI is InChI=1S/C16H23F2N/c1-12(6-5-7-19-16(2,3)4)8-13-9-14(17)11-15(18)10-13/h6,9-11,19H,5,7-8H2,1-4H3/b12-6-. The predicted octanol–water partition coefficient (Wildman–Crippen LogP) is 4.23. The number of hydrogen-bond donors (Lipinski definition) is 1. The van der Waals surface area contributed by atoms with Crippen LogP contribution in [-0.4, -0.2) is 12.1 Å². The van der Waals surface area contributed by atoms with Crippen LogP contribution in [0.5, 0.6) is 0 Å². The van der Waals surface area contributed by atoms with Crippen molar-refractivity contribution in [1.29, 1.82) is 0 Å². The minimum absolute atomic E-state index is 0.118. The summed E-state index contributed by atoms with van der Waals surface area (Å²) in [6, 6.07) is 3.66. The van der Waals surface area contributed by atoms with Crippen LogP contribution >= 0.6 is 0 Å². The number of rotatable bonds is 5. The van der Waals surface area contributed by atoms with Crippen molar-refractivity contribution in [3.8, 4) is 0 Å². The lowest BCUT2D eigenvalue weighted by molar-refractivity contribution is 0.431. The van der Waals surface area contributed by atoms with Crippen LogP contribution in [-0.2, 0) is 6.42 Å². The van der Waals surface area contributed by atoms with Gasteiger partial charge < -0.3 is 5.32 Å². The molecular weight excluding hydrogens is 244 g/mol. The molecule has 0 saturated carbocycles. The molecule has 1 aromatic rings. The molecule has 0 saturated heterocycles. The van der Waals surface area contributed by atoms with Crippen LogP contribution in [0.25, 0.3) is 0 Å². The second kappa shape index (κ2) is 6.80. The Morgan fingerprint density at radius 1 is 1.16 bits per heavy atom. The van der Waals surface area contributed by atoms with E-state index in [2.05, 4.69) is 32.2 Å². The third-order valence-electron chi connectivity index (χ3n) is 2.70. The van der Waals surface area contributed by atoms with E-state index in [4.69, 9.17) is 0 Å². The molecule has 0 aliphatic heterocycles. The van der Waals surface area contributed by atoms with Crippen molar-refractivity contribution in [3.63, 3.8) is 0 Å². The summed E-state index contributed by atoms with van der Waals surface area (Å²) in [6.07, 6.45) is 3.62. The molecule has 1 aromatic carbocycles. The molecular formula is C16H23F2N. The summed E-state index contributed by atoms with van der Waals surface area (Å²) in [5.74, 6) is -1.03. The van der Waals surface area contributed by atoms with Gasteiger partial charge >= 0.3 is 0 Å². The van der Waals surface area contributed by atoms with Crippen LogP contribution in [0.1, 0.15) is 39.7 Å². The Morgan fingerprint density at radius 3 is 2.26 bits per heavy atom. The highest BCUT2D eigenvalue weighted by molar-refractivity contribution is 5.23. The minimum Gasteiger partial charge on any atom is -0.312 e. The normalized spacial score (nSPS) is 12.8. The van der Waals surface area contributed by atoms with Gasteiger partial charge in [-0.15, -0.1) is 0 Å². The fraction of sp³-hybridized carbons (Fsp3) is 0.500. The molecule has 0 bridgehead atoms. The number of allylic oxidation sites excluding steroid dienone is 1. The fourth-order valence-corrected chi connectivity index (χ4v) is 1.87. The first-order chi connectivity index (χ1) is 8.76. The summed E-state index contributed by atoms with van der Waals surface area (Å²) < 4.78 is 26.1. The van der Waals surface area contributed by atoms with Gasteiger partial charge in [0.25, 0.3) is 0 Å².